The number of aliphatic hydroxyl groups is 1. The third-order valence-electron chi connectivity index (χ3n) is 4.79. The summed E-state index contributed by atoms with van der Waals surface area (Å²) in [6.07, 6.45) is 1.14. The lowest BCUT2D eigenvalue weighted by Gasteiger charge is -2.33. The zero-order chi connectivity index (χ0) is 19.4. The molecule has 7 heteroatoms. The summed E-state index contributed by atoms with van der Waals surface area (Å²) in [6, 6.07) is 13.1. The van der Waals surface area contributed by atoms with Crippen LogP contribution in [-0.2, 0) is 9.59 Å². The summed E-state index contributed by atoms with van der Waals surface area (Å²) in [6.45, 7) is 0. The van der Waals surface area contributed by atoms with E-state index in [2.05, 4.69) is 10.6 Å². The van der Waals surface area contributed by atoms with Gasteiger partial charge in [-0.15, -0.1) is 0 Å². The summed E-state index contributed by atoms with van der Waals surface area (Å²) in [4.78, 5) is 24.1. The van der Waals surface area contributed by atoms with Crippen molar-refractivity contribution >= 4 is 29.1 Å². The Morgan fingerprint density at radius 2 is 1.81 bits per heavy atom. The Labute approximate surface area is 161 Å². The lowest BCUT2D eigenvalue weighted by Crippen LogP contribution is -2.49. The minimum Gasteiger partial charge on any atom is -0.391 e. The first-order valence-electron chi connectivity index (χ1n) is 8.74. The van der Waals surface area contributed by atoms with E-state index in [9.17, 15) is 19.1 Å². The number of amides is 2. The number of hydrogen-bond acceptors (Lipinski definition) is 3. The van der Waals surface area contributed by atoms with Crippen LogP contribution >= 0.6 is 11.6 Å². The first-order chi connectivity index (χ1) is 12.9. The van der Waals surface area contributed by atoms with Crippen molar-refractivity contribution in [3.05, 3.63) is 64.9 Å². The van der Waals surface area contributed by atoms with Gasteiger partial charge >= 0.3 is 11.8 Å². The maximum absolute atomic E-state index is 13.4. The van der Waals surface area contributed by atoms with Crippen LogP contribution in [0.15, 0.2) is 48.5 Å². The van der Waals surface area contributed by atoms with Crippen molar-refractivity contribution in [1.82, 2.24) is 5.32 Å². The Morgan fingerprint density at radius 3 is 2.48 bits per heavy atom. The molecule has 2 aromatic rings. The molecule has 1 aliphatic rings. The highest BCUT2D eigenvalue weighted by molar-refractivity contribution is 6.39. The predicted molar refractivity (Wildman–Crippen MR) is 101 cm³/mol. The highest BCUT2D eigenvalue weighted by atomic mass is 35.5. The SMILES string of the molecule is O=C(Nc1ccc(Cl)c(F)c1)C(=O)NC1CCC(c2ccccc2)CC1O. The number of nitrogens with one attached hydrogen (secondary N) is 2. The van der Waals surface area contributed by atoms with E-state index in [1.54, 1.807) is 0 Å². The van der Waals surface area contributed by atoms with Crippen molar-refractivity contribution in [3.63, 3.8) is 0 Å². The van der Waals surface area contributed by atoms with Crippen LogP contribution in [0.1, 0.15) is 30.7 Å². The molecule has 0 radical (unpaired) electrons. The number of carbonyl (C=O) groups excluding carboxylic acids is 2. The molecule has 2 amide bonds. The summed E-state index contributed by atoms with van der Waals surface area (Å²) < 4.78 is 13.4. The molecule has 0 spiro atoms. The second-order valence-corrected chi connectivity index (χ2v) is 7.06. The average Bonchev–Trinajstić information content (AvgIpc) is 2.67. The molecule has 0 aliphatic heterocycles. The van der Waals surface area contributed by atoms with Gasteiger partial charge in [-0.05, 0) is 48.9 Å². The van der Waals surface area contributed by atoms with Crippen LogP contribution in [-0.4, -0.2) is 29.1 Å². The molecule has 1 fully saturated rings. The highest BCUT2D eigenvalue weighted by Crippen LogP contribution is 2.33. The zero-order valence-corrected chi connectivity index (χ0v) is 15.2. The Bertz CT molecular complexity index is 831. The van der Waals surface area contributed by atoms with Crippen LogP contribution in [0.5, 0.6) is 0 Å². The second kappa shape index (κ2) is 8.50. The number of benzene rings is 2. The van der Waals surface area contributed by atoms with E-state index in [1.165, 1.54) is 12.1 Å². The molecule has 1 saturated carbocycles. The molecule has 0 aromatic heterocycles. The number of aliphatic hydroxyl groups excluding tert-OH is 1. The van der Waals surface area contributed by atoms with E-state index in [-0.39, 0.29) is 16.6 Å². The van der Waals surface area contributed by atoms with Gasteiger partial charge in [0.05, 0.1) is 17.2 Å². The van der Waals surface area contributed by atoms with Gasteiger partial charge in [0.1, 0.15) is 5.82 Å². The highest BCUT2D eigenvalue weighted by Gasteiger charge is 2.32. The Morgan fingerprint density at radius 1 is 1.07 bits per heavy atom. The third kappa shape index (κ3) is 4.84. The largest absolute Gasteiger partial charge is 0.391 e. The first kappa shape index (κ1) is 19.3. The second-order valence-electron chi connectivity index (χ2n) is 6.65. The molecule has 0 saturated heterocycles. The fourth-order valence-electron chi connectivity index (χ4n) is 3.34. The van der Waals surface area contributed by atoms with Crippen LogP contribution in [0.25, 0.3) is 0 Å². The van der Waals surface area contributed by atoms with Gasteiger partial charge in [-0.3, -0.25) is 9.59 Å². The maximum atomic E-state index is 13.4. The summed E-state index contributed by atoms with van der Waals surface area (Å²) in [7, 11) is 0. The van der Waals surface area contributed by atoms with E-state index >= 15 is 0 Å². The summed E-state index contributed by atoms with van der Waals surface area (Å²) in [5, 5.41) is 15.2. The average molecular weight is 391 g/mol. The number of anilines is 1. The molecular formula is C20H20ClFN2O3. The van der Waals surface area contributed by atoms with Crippen LogP contribution in [0.3, 0.4) is 0 Å². The maximum Gasteiger partial charge on any atom is 0.313 e. The van der Waals surface area contributed by atoms with Gasteiger partial charge in [0.25, 0.3) is 0 Å². The molecule has 3 atom stereocenters. The van der Waals surface area contributed by atoms with Crippen LogP contribution in [0.2, 0.25) is 5.02 Å². The van der Waals surface area contributed by atoms with Gasteiger partial charge in [-0.25, -0.2) is 4.39 Å². The fraction of sp³-hybridized carbons (Fsp3) is 0.300. The van der Waals surface area contributed by atoms with Crippen LogP contribution in [0.4, 0.5) is 10.1 Å². The lowest BCUT2D eigenvalue weighted by atomic mass is 9.80. The van der Waals surface area contributed by atoms with Crippen molar-refractivity contribution in [2.75, 3.05) is 5.32 Å². The van der Waals surface area contributed by atoms with Gasteiger partial charge in [-0.2, -0.15) is 0 Å². The van der Waals surface area contributed by atoms with Gasteiger partial charge in [-0.1, -0.05) is 41.9 Å². The molecule has 5 nitrogen and oxygen atoms in total. The summed E-state index contributed by atoms with van der Waals surface area (Å²) in [5.74, 6) is -2.26. The quantitative estimate of drug-likeness (QED) is 0.704. The molecule has 3 unspecified atom stereocenters. The minimum absolute atomic E-state index is 0.0734. The number of rotatable bonds is 3. The normalized spacial score (nSPS) is 22.1. The van der Waals surface area contributed by atoms with Crippen molar-refractivity contribution in [2.24, 2.45) is 0 Å². The lowest BCUT2D eigenvalue weighted by molar-refractivity contribution is -0.137. The Hall–Kier alpha value is -2.44. The molecular weight excluding hydrogens is 371 g/mol. The number of carbonyl (C=O) groups is 2. The van der Waals surface area contributed by atoms with E-state index in [4.69, 9.17) is 11.6 Å². The monoisotopic (exact) mass is 390 g/mol. The molecule has 142 valence electrons. The van der Waals surface area contributed by atoms with E-state index in [0.717, 1.165) is 18.1 Å². The molecule has 0 heterocycles. The van der Waals surface area contributed by atoms with E-state index < -0.39 is 29.8 Å². The van der Waals surface area contributed by atoms with Crippen molar-refractivity contribution in [1.29, 1.82) is 0 Å². The van der Waals surface area contributed by atoms with Gasteiger partial charge in [0, 0.05) is 5.69 Å². The first-order valence-corrected chi connectivity index (χ1v) is 9.11. The molecule has 1 aliphatic carbocycles. The Kier molecular flexibility index (Phi) is 6.08. The molecule has 2 aromatic carbocycles. The van der Waals surface area contributed by atoms with Gasteiger partial charge < -0.3 is 15.7 Å². The number of halogens is 2. The minimum atomic E-state index is -0.922. The molecule has 3 rings (SSSR count). The number of hydrogen-bond donors (Lipinski definition) is 3. The van der Waals surface area contributed by atoms with Gasteiger partial charge in [0.15, 0.2) is 0 Å². The van der Waals surface area contributed by atoms with Crippen molar-refractivity contribution in [2.45, 2.75) is 37.3 Å². The summed E-state index contributed by atoms with van der Waals surface area (Å²) >= 11 is 5.59. The smallest absolute Gasteiger partial charge is 0.313 e. The van der Waals surface area contributed by atoms with Gasteiger partial charge in [0.2, 0.25) is 0 Å². The van der Waals surface area contributed by atoms with E-state index in [0.29, 0.717) is 12.8 Å². The summed E-state index contributed by atoms with van der Waals surface area (Å²) in [5.41, 5.74) is 1.29. The van der Waals surface area contributed by atoms with Crippen molar-refractivity contribution in [3.8, 4) is 0 Å². The van der Waals surface area contributed by atoms with Crippen LogP contribution in [0, 0.1) is 5.82 Å². The topological polar surface area (TPSA) is 78.4 Å². The standard InChI is InChI=1S/C20H20ClFN2O3/c21-15-8-7-14(11-16(15)22)23-19(26)20(27)24-17-9-6-13(10-18(17)25)12-4-2-1-3-5-12/h1-5,7-8,11,13,17-18,25H,6,9-10H2,(H,23,26)(H,24,27). The zero-order valence-electron chi connectivity index (χ0n) is 14.5. The van der Waals surface area contributed by atoms with E-state index in [1.807, 2.05) is 30.3 Å². The Balaban J connectivity index is 1.54. The molecule has 27 heavy (non-hydrogen) atoms. The van der Waals surface area contributed by atoms with Crippen molar-refractivity contribution < 1.29 is 19.1 Å². The van der Waals surface area contributed by atoms with Crippen LogP contribution < -0.4 is 10.6 Å². The fourth-order valence-corrected chi connectivity index (χ4v) is 3.46. The molecule has 3 N–H and O–H groups in total. The third-order valence-corrected chi connectivity index (χ3v) is 5.09. The molecule has 0 bridgehead atoms. The predicted octanol–water partition coefficient (Wildman–Crippen LogP) is 3.23.